The second-order valence-corrected chi connectivity index (χ2v) is 4.75. The minimum absolute atomic E-state index is 0.132. The molecule has 19 heavy (non-hydrogen) atoms. The third-order valence-corrected chi connectivity index (χ3v) is 3.35. The number of aromatic carboxylic acids is 1. The van der Waals surface area contributed by atoms with Gasteiger partial charge in [0.2, 0.25) is 0 Å². The minimum Gasteiger partial charge on any atom is -0.478 e. The highest BCUT2D eigenvalue weighted by molar-refractivity contribution is 6.07. The fraction of sp³-hybridized carbons (Fsp3) is 0.308. The highest BCUT2D eigenvalue weighted by Gasteiger charge is 2.49. The number of hydrogen-bond donors (Lipinski definition) is 3. The highest BCUT2D eigenvalue weighted by atomic mass is 16.4. The predicted molar refractivity (Wildman–Crippen MR) is 66.6 cm³/mol. The first-order valence-corrected chi connectivity index (χ1v) is 5.85. The zero-order valence-corrected chi connectivity index (χ0v) is 10.6. The standard InChI is InChI=1S/C13H14N2O4/c1-7(2)13(11(18)14-12(19)15-13)9-5-3-8(4-6-9)10(16)17/h3-7H,1-2H3,(H,16,17)(H2,14,15,18,19). The first kappa shape index (κ1) is 13.1. The van der Waals surface area contributed by atoms with E-state index >= 15 is 0 Å². The van der Waals surface area contributed by atoms with E-state index in [1.54, 1.807) is 12.1 Å². The number of carbonyl (C=O) groups is 3. The summed E-state index contributed by atoms with van der Waals surface area (Å²) in [7, 11) is 0. The molecule has 1 aromatic rings. The lowest BCUT2D eigenvalue weighted by Crippen LogP contribution is -2.48. The number of benzene rings is 1. The largest absolute Gasteiger partial charge is 0.478 e. The average molecular weight is 262 g/mol. The van der Waals surface area contributed by atoms with E-state index in [9.17, 15) is 14.4 Å². The van der Waals surface area contributed by atoms with E-state index in [1.165, 1.54) is 12.1 Å². The van der Waals surface area contributed by atoms with Gasteiger partial charge in [-0.25, -0.2) is 9.59 Å². The Labute approximate surface area is 109 Å². The number of hydrogen-bond acceptors (Lipinski definition) is 3. The van der Waals surface area contributed by atoms with Gasteiger partial charge in [-0.15, -0.1) is 0 Å². The van der Waals surface area contributed by atoms with Crippen LogP contribution in [-0.2, 0) is 10.3 Å². The average Bonchev–Trinajstić information content (AvgIpc) is 2.65. The summed E-state index contributed by atoms with van der Waals surface area (Å²) in [4.78, 5) is 34.3. The maximum atomic E-state index is 12.1. The Bertz CT molecular complexity index is 550. The number of imide groups is 1. The van der Waals surface area contributed by atoms with Crippen LogP contribution >= 0.6 is 0 Å². The van der Waals surface area contributed by atoms with Crippen molar-refractivity contribution in [2.75, 3.05) is 0 Å². The van der Waals surface area contributed by atoms with Crippen LogP contribution in [0.5, 0.6) is 0 Å². The number of urea groups is 1. The molecule has 1 atom stereocenters. The number of carboxylic acid groups (broad SMARTS) is 1. The van der Waals surface area contributed by atoms with Crippen molar-refractivity contribution in [2.45, 2.75) is 19.4 Å². The molecule has 100 valence electrons. The van der Waals surface area contributed by atoms with E-state index in [1.807, 2.05) is 13.8 Å². The van der Waals surface area contributed by atoms with Gasteiger partial charge in [0.25, 0.3) is 5.91 Å². The Morgan fingerprint density at radius 2 is 1.79 bits per heavy atom. The molecular formula is C13H14N2O4. The summed E-state index contributed by atoms with van der Waals surface area (Å²) in [6, 6.07) is 5.39. The van der Waals surface area contributed by atoms with Gasteiger partial charge < -0.3 is 10.4 Å². The number of amides is 3. The van der Waals surface area contributed by atoms with E-state index < -0.39 is 23.4 Å². The molecule has 1 aromatic carbocycles. The summed E-state index contributed by atoms with van der Waals surface area (Å²) in [5.74, 6) is -1.63. The minimum atomic E-state index is -1.14. The molecule has 0 radical (unpaired) electrons. The second kappa shape index (κ2) is 4.38. The van der Waals surface area contributed by atoms with E-state index in [2.05, 4.69) is 10.6 Å². The van der Waals surface area contributed by atoms with Crippen molar-refractivity contribution in [3.05, 3.63) is 35.4 Å². The molecule has 0 bridgehead atoms. The van der Waals surface area contributed by atoms with Crippen molar-refractivity contribution in [3.63, 3.8) is 0 Å². The smallest absolute Gasteiger partial charge is 0.335 e. The molecule has 1 fully saturated rings. The zero-order valence-electron chi connectivity index (χ0n) is 10.6. The van der Waals surface area contributed by atoms with Crippen molar-refractivity contribution in [1.29, 1.82) is 0 Å². The maximum Gasteiger partial charge on any atom is 0.335 e. The molecule has 0 aromatic heterocycles. The van der Waals surface area contributed by atoms with Gasteiger partial charge in [-0.05, 0) is 23.6 Å². The summed E-state index contributed by atoms with van der Waals surface area (Å²) in [6.07, 6.45) is 0. The van der Waals surface area contributed by atoms with E-state index in [-0.39, 0.29) is 11.5 Å². The van der Waals surface area contributed by atoms with Gasteiger partial charge in [0.05, 0.1) is 5.56 Å². The molecule has 6 nitrogen and oxygen atoms in total. The van der Waals surface area contributed by atoms with Crippen molar-refractivity contribution < 1.29 is 19.5 Å². The molecule has 0 spiro atoms. The molecule has 0 aliphatic carbocycles. The lowest BCUT2D eigenvalue weighted by molar-refractivity contribution is -0.125. The van der Waals surface area contributed by atoms with Crippen LogP contribution in [0.3, 0.4) is 0 Å². The Balaban J connectivity index is 2.49. The third kappa shape index (κ3) is 1.95. The van der Waals surface area contributed by atoms with Gasteiger partial charge in [-0.2, -0.15) is 0 Å². The first-order chi connectivity index (χ1) is 8.87. The molecule has 1 aliphatic rings. The molecule has 1 heterocycles. The molecule has 0 saturated carbocycles. The molecule has 1 unspecified atom stereocenters. The van der Waals surface area contributed by atoms with E-state index in [0.29, 0.717) is 5.56 Å². The fourth-order valence-electron chi connectivity index (χ4n) is 2.29. The van der Waals surface area contributed by atoms with Crippen molar-refractivity contribution >= 4 is 17.9 Å². The van der Waals surface area contributed by atoms with Gasteiger partial charge in [0, 0.05) is 0 Å². The summed E-state index contributed by atoms with van der Waals surface area (Å²) in [6.45, 7) is 3.63. The van der Waals surface area contributed by atoms with Crippen LogP contribution in [0.2, 0.25) is 0 Å². The van der Waals surface area contributed by atoms with Gasteiger partial charge >= 0.3 is 12.0 Å². The molecule has 3 amide bonds. The molecular weight excluding hydrogens is 248 g/mol. The number of nitrogens with one attached hydrogen (secondary N) is 2. The fourth-order valence-corrected chi connectivity index (χ4v) is 2.29. The molecule has 3 N–H and O–H groups in total. The number of rotatable bonds is 3. The topological polar surface area (TPSA) is 95.5 Å². The van der Waals surface area contributed by atoms with Gasteiger partial charge in [0.1, 0.15) is 5.54 Å². The van der Waals surface area contributed by atoms with Crippen LogP contribution in [0, 0.1) is 5.92 Å². The van der Waals surface area contributed by atoms with E-state index in [4.69, 9.17) is 5.11 Å². The van der Waals surface area contributed by atoms with Crippen molar-refractivity contribution in [2.24, 2.45) is 5.92 Å². The summed E-state index contributed by atoms with van der Waals surface area (Å²) in [5.41, 5.74) is -0.447. The molecule has 2 rings (SSSR count). The summed E-state index contributed by atoms with van der Waals surface area (Å²) < 4.78 is 0. The SMILES string of the molecule is CC(C)C1(c2ccc(C(=O)O)cc2)NC(=O)NC1=O. The van der Waals surface area contributed by atoms with Gasteiger partial charge in [-0.1, -0.05) is 26.0 Å². The monoisotopic (exact) mass is 262 g/mol. The third-order valence-electron chi connectivity index (χ3n) is 3.35. The van der Waals surface area contributed by atoms with Crippen LogP contribution < -0.4 is 10.6 Å². The maximum absolute atomic E-state index is 12.1. The van der Waals surface area contributed by atoms with E-state index in [0.717, 1.165) is 0 Å². The molecule has 1 aliphatic heterocycles. The Hall–Kier alpha value is -2.37. The lowest BCUT2D eigenvalue weighted by atomic mass is 9.79. The second-order valence-electron chi connectivity index (χ2n) is 4.75. The zero-order chi connectivity index (χ0) is 14.2. The normalized spacial score (nSPS) is 22.3. The number of carboxylic acids is 1. The molecule has 6 heteroatoms. The first-order valence-electron chi connectivity index (χ1n) is 5.85. The van der Waals surface area contributed by atoms with Crippen LogP contribution in [0.4, 0.5) is 4.79 Å². The predicted octanol–water partition coefficient (Wildman–Crippen LogP) is 1.08. The highest BCUT2D eigenvalue weighted by Crippen LogP contribution is 2.32. The van der Waals surface area contributed by atoms with Crippen LogP contribution in [0.25, 0.3) is 0 Å². The Morgan fingerprint density at radius 1 is 1.21 bits per heavy atom. The van der Waals surface area contributed by atoms with Crippen LogP contribution in [0.1, 0.15) is 29.8 Å². The number of carbonyl (C=O) groups excluding carboxylic acids is 2. The van der Waals surface area contributed by atoms with Crippen molar-refractivity contribution in [3.8, 4) is 0 Å². The van der Waals surface area contributed by atoms with Gasteiger partial charge in [-0.3, -0.25) is 10.1 Å². The molecule has 1 saturated heterocycles. The van der Waals surface area contributed by atoms with Crippen LogP contribution in [0.15, 0.2) is 24.3 Å². The summed E-state index contributed by atoms with van der Waals surface area (Å²) in [5, 5.41) is 13.7. The quantitative estimate of drug-likeness (QED) is 0.710. The van der Waals surface area contributed by atoms with Gasteiger partial charge in [0.15, 0.2) is 0 Å². The van der Waals surface area contributed by atoms with Crippen molar-refractivity contribution in [1.82, 2.24) is 10.6 Å². The Kier molecular flexibility index (Phi) is 3.01. The Morgan fingerprint density at radius 3 is 2.16 bits per heavy atom. The summed E-state index contributed by atoms with van der Waals surface area (Å²) >= 11 is 0. The lowest BCUT2D eigenvalue weighted by Gasteiger charge is -2.30. The van der Waals surface area contributed by atoms with Crippen LogP contribution in [-0.4, -0.2) is 23.0 Å².